The van der Waals surface area contributed by atoms with Crippen molar-refractivity contribution in [2.24, 2.45) is 0 Å². The van der Waals surface area contributed by atoms with Crippen LogP contribution < -0.4 is 5.32 Å². The summed E-state index contributed by atoms with van der Waals surface area (Å²) in [4.78, 5) is 3.73. The Balaban J connectivity index is 2.03. The molecule has 3 nitrogen and oxygen atoms in total. The topological polar surface area (TPSA) is 34.2 Å². The molecule has 1 saturated heterocycles. The summed E-state index contributed by atoms with van der Waals surface area (Å²) in [7, 11) is 0. The van der Waals surface area contributed by atoms with E-state index in [2.05, 4.69) is 10.3 Å². The Morgan fingerprint density at radius 1 is 1.40 bits per heavy atom. The van der Waals surface area contributed by atoms with E-state index in [9.17, 15) is 4.39 Å². The minimum absolute atomic E-state index is 0.193. The lowest BCUT2D eigenvalue weighted by molar-refractivity contribution is -0.0591. The van der Waals surface area contributed by atoms with Gasteiger partial charge in [0.15, 0.2) is 0 Å². The number of rotatable bonds is 0. The number of aromatic nitrogens is 1. The highest BCUT2D eigenvalue weighted by Crippen LogP contribution is 2.42. The number of nitrogens with zero attached hydrogens (tertiary/aromatic N) is 1. The lowest BCUT2D eigenvalue weighted by atomic mass is 9.85. The summed E-state index contributed by atoms with van der Waals surface area (Å²) in [6.07, 6.45) is 3.55. The molecule has 0 radical (unpaired) electrons. The molecule has 2 aliphatic heterocycles. The van der Waals surface area contributed by atoms with Crippen molar-refractivity contribution >= 4 is 0 Å². The minimum atomic E-state index is -0.414. The number of fused-ring (bicyclic) bond motifs is 2. The fourth-order valence-electron chi connectivity index (χ4n) is 2.54. The minimum Gasteiger partial charge on any atom is -0.365 e. The van der Waals surface area contributed by atoms with Crippen LogP contribution in [0.25, 0.3) is 0 Å². The van der Waals surface area contributed by atoms with E-state index < -0.39 is 5.95 Å². The van der Waals surface area contributed by atoms with Gasteiger partial charge in [0.25, 0.3) is 0 Å². The van der Waals surface area contributed by atoms with Gasteiger partial charge < -0.3 is 10.1 Å². The molecule has 1 fully saturated rings. The number of hydrogen-bond donors (Lipinski definition) is 1. The molecule has 0 amide bonds. The lowest BCUT2D eigenvalue weighted by Crippen LogP contribution is -2.39. The Morgan fingerprint density at radius 2 is 2.20 bits per heavy atom. The van der Waals surface area contributed by atoms with Crippen LogP contribution in [0.3, 0.4) is 0 Å². The molecule has 3 heterocycles. The van der Waals surface area contributed by atoms with Crippen molar-refractivity contribution < 1.29 is 9.13 Å². The predicted molar refractivity (Wildman–Crippen MR) is 52.8 cm³/mol. The maximum absolute atomic E-state index is 12.9. The van der Waals surface area contributed by atoms with Crippen molar-refractivity contribution in [2.45, 2.75) is 25.0 Å². The number of hydrogen-bond acceptors (Lipinski definition) is 3. The van der Waals surface area contributed by atoms with E-state index in [-0.39, 0.29) is 5.60 Å². The van der Waals surface area contributed by atoms with Crippen molar-refractivity contribution in [1.82, 2.24) is 10.3 Å². The molecule has 0 bridgehead atoms. The van der Waals surface area contributed by atoms with Crippen molar-refractivity contribution in [3.05, 3.63) is 29.3 Å². The number of halogens is 1. The van der Waals surface area contributed by atoms with Crippen LogP contribution >= 0.6 is 0 Å². The molecule has 2 aliphatic rings. The zero-order valence-corrected chi connectivity index (χ0v) is 8.42. The third kappa shape index (κ3) is 1.36. The first-order chi connectivity index (χ1) is 7.30. The maximum Gasteiger partial charge on any atom is 0.213 e. The standard InChI is InChI=1S/C11H13FN2O/c12-10-5-8-7-15-11(9(8)6-14-10)1-3-13-4-2-11/h5-6,13H,1-4,7H2. The molecule has 15 heavy (non-hydrogen) atoms. The molecule has 1 aromatic heterocycles. The van der Waals surface area contributed by atoms with Gasteiger partial charge in [-0.25, -0.2) is 4.98 Å². The van der Waals surface area contributed by atoms with Gasteiger partial charge in [-0.05, 0) is 37.6 Å². The van der Waals surface area contributed by atoms with Gasteiger partial charge in [-0.2, -0.15) is 4.39 Å². The summed E-state index contributed by atoms with van der Waals surface area (Å²) >= 11 is 0. The average Bonchev–Trinajstić information content (AvgIpc) is 2.58. The van der Waals surface area contributed by atoms with Gasteiger partial charge >= 0.3 is 0 Å². The number of pyridine rings is 1. The molecule has 3 rings (SSSR count). The first-order valence-electron chi connectivity index (χ1n) is 5.30. The molecule has 0 aliphatic carbocycles. The van der Waals surface area contributed by atoms with Crippen LogP contribution in [0.4, 0.5) is 4.39 Å². The molecule has 80 valence electrons. The summed E-state index contributed by atoms with van der Waals surface area (Å²) < 4.78 is 18.8. The zero-order chi connectivity index (χ0) is 10.3. The highest BCUT2D eigenvalue weighted by Gasteiger charge is 2.41. The van der Waals surface area contributed by atoms with Gasteiger partial charge in [0.1, 0.15) is 0 Å². The number of piperidine rings is 1. The van der Waals surface area contributed by atoms with E-state index in [0.29, 0.717) is 6.61 Å². The van der Waals surface area contributed by atoms with Gasteiger partial charge in [0.2, 0.25) is 5.95 Å². The van der Waals surface area contributed by atoms with E-state index in [0.717, 1.165) is 37.1 Å². The predicted octanol–water partition coefficient (Wildman–Crippen LogP) is 1.33. The number of nitrogens with one attached hydrogen (secondary N) is 1. The smallest absolute Gasteiger partial charge is 0.213 e. The summed E-state index contributed by atoms with van der Waals surface area (Å²) in [5, 5.41) is 3.30. The third-order valence-electron chi connectivity index (χ3n) is 3.36. The Kier molecular flexibility index (Phi) is 2.00. The second kappa shape index (κ2) is 3.25. The summed E-state index contributed by atoms with van der Waals surface area (Å²) in [6, 6.07) is 1.49. The van der Waals surface area contributed by atoms with E-state index in [4.69, 9.17) is 4.74 Å². The second-order valence-electron chi connectivity index (χ2n) is 4.20. The normalized spacial score (nSPS) is 23.0. The van der Waals surface area contributed by atoms with Crippen LogP contribution in [0.2, 0.25) is 0 Å². The number of ether oxygens (including phenoxy) is 1. The van der Waals surface area contributed by atoms with E-state index in [1.54, 1.807) is 6.20 Å². The lowest BCUT2D eigenvalue weighted by Gasteiger charge is -2.33. The molecule has 4 heteroatoms. The van der Waals surface area contributed by atoms with Crippen LogP contribution in [0.5, 0.6) is 0 Å². The van der Waals surface area contributed by atoms with E-state index >= 15 is 0 Å². The van der Waals surface area contributed by atoms with Crippen LogP contribution in [-0.2, 0) is 16.9 Å². The Hall–Kier alpha value is -1.00. The highest BCUT2D eigenvalue weighted by molar-refractivity contribution is 5.33. The monoisotopic (exact) mass is 208 g/mol. The fraction of sp³-hybridized carbons (Fsp3) is 0.545. The second-order valence-corrected chi connectivity index (χ2v) is 4.20. The molecule has 0 saturated carbocycles. The summed E-state index contributed by atoms with van der Waals surface area (Å²) in [5.74, 6) is -0.414. The molecule has 0 aromatic carbocycles. The van der Waals surface area contributed by atoms with Crippen LogP contribution in [0.15, 0.2) is 12.3 Å². The molecular weight excluding hydrogens is 195 g/mol. The molecular formula is C11H13FN2O. The van der Waals surface area contributed by atoms with E-state index in [1.807, 2.05) is 0 Å². The van der Waals surface area contributed by atoms with Crippen LogP contribution in [0.1, 0.15) is 24.0 Å². The summed E-state index contributed by atoms with van der Waals surface area (Å²) in [5.41, 5.74) is 1.86. The SMILES string of the molecule is Fc1cc2c(cn1)C1(CCNCC1)OC2. The summed E-state index contributed by atoms with van der Waals surface area (Å²) in [6.45, 7) is 2.43. The quantitative estimate of drug-likeness (QED) is 0.653. The van der Waals surface area contributed by atoms with Crippen molar-refractivity contribution in [1.29, 1.82) is 0 Å². The maximum atomic E-state index is 12.9. The van der Waals surface area contributed by atoms with Gasteiger partial charge in [-0.1, -0.05) is 0 Å². The van der Waals surface area contributed by atoms with Crippen molar-refractivity contribution in [3.63, 3.8) is 0 Å². The fourth-order valence-corrected chi connectivity index (χ4v) is 2.54. The van der Waals surface area contributed by atoms with Gasteiger partial charge in [0, 0.05) is 11.8 Å². The first-order valence-corrected chi connectivity index (χ1v) is 5.30. The van der Waals surface area contributed by atoms with Crippen LogP contribution in [-0.4, -0.2) is 18.1 Å². The highest BCUT2D eigenvalue weighted by atomic mass is 19.1. The largest absolute Gasteiger partial charge is 0.365 e. The molecule has 1 spiro atoms. The molecule has 1 aromatic rings. The van der Waals surface area contributed by atoms with Gasteiger partial charge in [-0.3, -0.25) is 0 Å². The van der Waals surface area contributed by atoms with Gasteiger partial charge in [-0.15, -0.1) is 0 Å². The van der Waals surface area contributed by atoms with Gasteiger partial charge in [0.05, 0.1) is 12.2 Å². The zero-order valence-electron chi connectivity index (χ0n) is 8.42. The van der Waals surface area contributed by atoms with Crippen molar-refractivity contribution in [2.75, 3.05) is 13.1 Å². The Morgan fingerprint density at radius 3 is 3.00 bits per heavy atom. The Bertz CT molecular complexity index is 388. The van der Waals surface area contributed by atoms with Crippen LogP contribution in [0, 0.1) is 5.95 Å². The average molecular weight is 208 g/mol. The van der Waals surface area contributed by atoms with E-state index in [1.165, 1.54) is 6.07 Å². The van der Waals surface area contributed by atoms with Crippen molar-refractivity contribution in [3.8, 4) is 0 Å². The molecule has 0 unspecified atom stereocenters. The Labute approximate surface area is 87.7 Å². The molecule has 1 N–H and O–H groups in total. The molecule has 0 atom stereocenters. The first kappa shape index (κ1) is 9.24. The third-order valence-corrected chi connectivity index (χ3v) is 3.36.